The Morgan fingerprint density at radius 2 is 1.67 bits per heavy atom. The van der Waals surface area contributed by atoms with Crippen LogP contribution in [0.15, 0.2) is 24.3 Å². The van der Waals surface area contributed by atoms with Crippen LogP contribution in [0.3, 0.4) is 0 Å². The first-order valence-corrected chi connectivity index (χ1v) is 5.83. The number of ether oxygens (including phenoxy) is 2. The average molecular weight is 295 g/mol. The molecular formula is C13H13NO7. The molecule has 0 aliphatic heterocycles. The fourth-order valence-corrected chi connectivity index (χ4v) is 1.72. The van der Waals surface area contributed by atoms with Crippen molar-refractivity contribution in [2.24, 2.45) is 5.92 Å². The molecule has 0 fully saturated rings. The molecule has 0 saturated heterocycles. The number of carbonyl (C=O) groups excluding carboxylic acids is 3. The van der Waals surface area contributed by atoms with Crippen molar-refractivity contribution in [1.82, 2.24) is 0 Å². The van der Waals surface area contributed by atoms with Gasteiger partial charge in [-0.25, -0.2) is 0 Å². The molecule has 0 atom stereocenters. The normalized spacial score (nSPS) is 10.0. The molecule has 0 heterocycles. The number of nitrogens with zero attached hydrogens (tertiary/aromatic N) is 1. The number of carbonyl (C=O) groups is 3. The molecule has 0 aliphatic carbocycles. The summed E-state index contributed by atoms with van der Waals surface area (Å²) in [4.78, 5) is 45.3. The van der Waals surface area contributed by atoms with Gasteiger partial charge in [0.2, 0.25) is 5.92 Å². The molecular weight excluding hydrogens is 282 g/mol. The van der Waals surface area contributed by atoms with Crippen molar-refractivity contribution in [3.63, 3.8) is 0 Å². The first-order chi connectivity index (χ1) is 9.92. The second kappa shape index (κ2) is 7.13. The van der Waals surface area contributed by atoms with Crippen molar-refractivity contribution in [1.29, 1.82) is 0 Å². The first kappa shape index (κ1) is 16.3. The van der Waals surface area contributed by atoms with Crippen molar-refractivity contribution < 1.29 is 28.8 Å². The summed E-state index contributed by atoms with van der Waals surface area (Å²) in [5, 5.41) is 10.9. The third-order valence-corrected chi connectivity index (χ3v) is 2.75. The number of Topliss-reactive ketones (excluding diaryl/α,β-unsaturated/α-hetero) is 1. The summed E-state index contributed by atoms with van der Waals surface area (Å²) in [6, 6.07) is 5.57. The van der Waals surface area contributed by atoms with Gasteiger partial charge in [0.05, 0.1) is 19.1 Å². The number of methoxy groups -OCH3 is 2. The van der Waals surface area contributed by atoms with E-state index in [0.717, 1.165) is 14.2 Å². The Bertz CT molecular complexity index is 566. The average Bonchev–Trinajstić information content (AvgIpc) is 2.47. The summed E-state index contributed by atoms with van der Waals surface area (Å²) in [6.45, 7) is 0. The van der Waals surface area contributed by atoms with E-state index in [1.165, 1.54) is 24.3 Å². The van der Waals surface area contributed by atoms with Gasteiger partial charge in [-0.15, -0.1) is 0 Å². The molecule has 8 heteroatoms. The van der Waals surface area contributed by atoms with Gasteiger partial charge in [0.25, 0.3) is 5.69 Å². The minimum absolute atomic E-state index is 0.102. The van der Waals surface area contributed by atoms with E-state index >= 15 is 0 Å². The van der Waals surface area contributed by atoms with Gasteiger partial charge in [0.1, 0.15) is 0 Å². The molecule has 0 unspecified atom stereocenters. The Balaban J connectivity index is 3.05. The maximum absolute atomic E-state index is 12.1. The van der Waals surface area contributed by atoms with Crippen molar-refractivity contribution in [3.05, 3.63) is 39.9 Å². The van der Waals surface area contributed by atoms with E-state index in [9.17, 15) is 24.5 Å². The van der Waals surface area contributed by atoms with Crippen LogP contribution in [0.5, 0.6) is 0 Å². The molecule has 0 radical (unpaired) electrons. The van der Waals surface area contributed by atoms with Crippen molar-refractivity contribution in [2.45, 2.75) is 6.42 Å². The molecule has 0 N–H and O–H groups in total. The summed E-state index contributed by atoms with van der Waals surface area (Å²) >= 11 is 0. The first-order valence-electron chi connectivity index (χ1n) is 5.83. The molecule has 0 saturated carbocycles. The number of hydrogen-bond acceptors (Lipinski definition) is 7. The maximum Gasteiger partial charge on any atom is 0.327 e. The molecule has 0 spiro atoms. The monoisotopic (exact) mass is 295 g/mol. The highest BCUT2D eigenvalue weighted by molar-refractivity contribution is 6.15. The Morgan fingerprint density at radius 3 is 2.14 bits per heavy atom. The minimum Gasteiger partial charge on any atom is -0.468 e. The summed E-state index contributed by atoms with van der Waals surface area (Å²) < 4.78 is 8.75. The highest BCUT2D eigenvalue weighted by atomic mass is 16.6. The number of ketones is 1. The Kier molecular flexibility index (Phi) is 5.53. The van der Waals surface area contributed by atoms with Gasteiger partial charge in [-0.05, 0) is 0 Å². The Hall–Kier alpha value is -2.77. The van der Waals surface area contributed by atoms with E-state index < -0.39 is 35.0 Å². The van der Waals surface area contributed by atoms with E-state index in [0.29, 0.717) is 0 Å². The lowest BCUT2D eigenvalue weighted by molar-refractivity contribution is -0.385. The van der Waals surface area contributed by atoms with Gasteiger partial charge in [0.15, 0.2) is 5.78 Å². The lowest BCUT2D eigenvalue weighted by Gasteiger charge is -2.11. The highest BCUT2D eigenvalue weighted by Crippen LogP contribution is 2.20. The van der Waals surface area contributed by atoms with Crippen molar-refractivity contribution in [2.75, 3.05) is 14.2 Å². The second-order valence-corrected chi connectivity index (χ2v) is 4.01. The quantitative estimate of drug-likeness (QED) is 0.328. The number of rotatable bonds is 6. The third kappa shape index (κ3) is 3.85. The van der Waals surface area contributed by atoms with Crippen molar-refractivity contribution >= 4 is 23.4 Å². The molecule has 0 bridgehead atoms. The van der Waals surface area contributed by atoms with Crippen LogP contribution in [0.2, 0.25) is 0 Å². The Morgan fingerprint density at radius 1 is 1.14 bits per heavy atom. The van der Waals surface area contributed by atoms with Gasteiger partial charge in [-0.2, -0.15) is 0 Å². The number of benzene rings is 1. The molecule has 0 amide bonds. The largest absolute Gasteiger partial charge is 0.468 e. The topological polar surface area (TPSA) is 113 Å². The van der Waals surface area contributed by atoms with Gasteiger partial charge < -0.3 is 9.47 Å². The van der Waals surface area contributed by atoms with E-state index in [2.05, 4.69) is 9.47 Å². The summed E-state index contributed by atoms with van der Waals surface area (Å²) in [7, 11) is 2.05. The number of nitro benzene ring substituents is 1. The highest BCUT2D eigenvalue weighted by Gasteiger charge is 2.36. The number of hydrogen-bond donors (Lipinski definition) is 0. The van der Waals surface area contributed by atoms with Crippen LogP contribution >= 0.6 is 0 Å². The van der Waals surface area contributed by atoms with E-state index in [1.807, 2.05) is 0 Å². The smallest absolute Gasteiger partial charge is 0.327 e. The fourth-order valence-electron chi connectivity index (χ4n) is 1.72. The number of esters is 2. The predicted octanol–water partition coefficient (Wildman–Crippen LogP) is 0.669. The van der Waals surface area contributed by atoms with Gasteiger partial charge in [-0.1, -0.05) is 18.2 Å². The lowest BCUT2D eigenvalue weighted by Crippen LogP contribution is -2.34. The SMILES string of the molecule is COC(=O)C(C(=O)Cc1ccccc1[N+](=O)[O-])C(=O)OC. The number of para-hydroxylation sites is 1. The van der Waals surface area contributed by atoms with Crippen LogP contribution in [0.1, 0.15) is 5.56 Å². The molecule has 1 rings (SSSR count). The molecule has 112 valence electrons. The minimum atomic E-state index is -1.75. The van der Waals surface area contributed by atoms with Crippen LogP contribution in [0.25, 0.3) is 0 Å². The van der Waals surface area contributed by atoms with Gasteiger partial charge in [-0.3, -0.25) is 24.5 Å². The maximum atomic E-state index is 12.1. The third-order valence-electron chi connectivity index (χ3n) is 2.75. The molecule has 21 heavy (non-hydrogen) atoms. The van der Waals surface area contributed by atoms with Crippen molar-refractivity contribution in [3.8, 4) is 0 Å². The van der Waals surface area contributed by atoms with Crippen LogP contribution < -0.4 is 0 Å². The number of nitro groups is 1. The molecule has 1 aromatic rings. The second-order valence-electron chi connectivity index (χ2n) is 4.01. The summed E-state index contributed by atoms with van der Waals surface area (Å²) in [6.07, 6.45) is -0.452. The van der Waals surface area contributed by atoms with E-state index in [1.54, 1.807) is 0 Å². The molecule has 0 aromatic heterocycles. The lowest BCUT2D eigenvalue weighted by atomic mass is 9.97. The van der Waals surface area contributed by atoms with Crippen LogP contribution in [-0.2, 0) is 30.3 Å². The van der Waals surface area contributed by atoms with Crippen LogP contribution in [-0.4, -0.2) is 36.9 Å². The molecule has 8 nitrogen and oxygen atoms in total. The van der Waals surface area contributed by atoms with Crippen LogP contribution in [0.4, 0.5) is 5.69 Å². The Labute approximate surface area is 119 Å². The van der Waals surface area contributed by atoms with Gasteiger partial charge >= 0.3 is 11.9 Å². The molecule has 1 aromatic carbocycles. The predicted molar refractivity (Wildman–Crippen MR) is 69.3 cm³/mol. The zero-order valence-electron chi connectivity index (χ0n) is 11.4. The zero-order chi connectivity index (χ0) is 16.0. The summed E-state index contributed by atoms with van der Waals surface area (Å²) in [5.41, 5.74) is -0.162. The van der Waals surface area contributed by atoms with Crippen LogP contribution in [0, 0.1) is 16.0 Å². The standard InChI is InChI=1S/C13H13NO7/c1-20-12(16)11(13(17)21-2)10(15)7-8-5-3-4-6-9(8)14(18)19/h3-6,11H,7H2,1-2H3. The summed E-state index contributed by atoms with van der Waals surface area (Å²) in [5.74, 6) is -4.71. The van der Waals surface area contributed by atoms with E-state index in [4.69, 9.17) is 0 Å². The van der Waals surface area contributed by atoms with Gasteiger partial charge in [0, 0.05) is 18.1 Å². The van der Waals surface area contributed by atoms with E-state index in [-0.39, 0.29) is 11.3 Å². The zero-order valence-corrected chi connectivity index (χ0v) is 11.4. The fraction of sp³-hybridized carbons (Fsp3) is 0.308. The molecule has 0 aliphatic rings.